The molecule has 5 heteroatoms. The van der Waals surface area contributed by atoms with E-state index in [2.05, 4.69) is 16.2 Å². The predicted octanol–water partition coefficient (Wildman–Crippen LogP) is 0.983. The largest absolute Gasteiger partial charge is 0.478 e. The van der Waals surface area contributed by atoms with Crippen LogP contribution in [0.15, 0.2) is 6.20 Å². The van der Waals surface area contributed by atoms with Crippen molar-refractivity contribution in [1.29, 1.82) is 0 Å². The molecule has 0 bridgehead atoms. The van der Waals surface area contributed by atoms with E-state index in [1.807, 2.05) is 0 Å². The van der Waals surface area contributed by atoms with Gasteiger partial charge in [0, 0.05) is 11.9 Å². The van der Waals surface area contributed by atoms with Gasteiger partial charge >= 0.3 is 5.97 Å². The van der Waals surface area contributed by atoms with Crippen LogP contribution in [0, 0.1) is 19.3 Å². The minimum atomic E-state index is -1.09. The van der Waals surface area contributed by atoms with Crippen LogP contribution < -0.4 is 5.32 Å². The van der Waals surface area contributed by atoms with Crippen molar-refractivity contribution >= 4 is 17.6 Å². The zero-order chi connectivity index (χ0) is 11.4. The first-order valence-corrected chi connectivity index (χ1v) is 4.20. The quantitative estimate of drug-likeness (QED) is 0.645. The Hall–Kier alpha value is -2.22. The predicted molar refractivity (Wildman–Crippen MR) is 54.6 cm³/mol. The van der Waals surface area contributed by atoms with Gasteiger partial charge in [-0.2, -0.15) is 0 Å². The Labute approximate surface area is 86.5 Å². The van der Waals surface area contributed by atoms with Crippen molar-refractivity contribution in [3.05, 3.63) is 17.5 Å². The van der Waals surface area contributed by atoms with E-state index in [0.29, 0.717) is 5.69 Å². The van der Waals surface area contributed by atoms with Gasteiger partial charge in [-0.25, -0.2) is 4.79 Å². The highest BCUT2D eigenvalue weighted by molar-refractivity contribution is 6.01. The number of carboxylic acids is 1. The maximum absolute atomic E-state index is 11.1. The molecule has 0 unspecified atom stereocenters. The van der Waals surface area contributed by atoms with E-state index >= 15 is 0 Å². The van der Waals surface area contributed by atoms with Crippen molar-refractivity contribution in [3.63, 3.8) is 0 Å². The molecule has 0 spiro atoms. The third kappa shape index (κ3) is 2.38. The topological polar surface area (TPSA) is 82.2 Å². The van der Waals surface area contributed by atoms with E-state index < -0.39 is 11.9 Å². The number of nitrogens with one attached hydrogen (secondary N) is 2. The second kappa shape index (κ2) is 4.33. The van der Waals surface area contributed by atoms with Gasteiger partial charge in [0.05, 0.1) is 12.1 Å². The second-order valence-corrected chi connectivity index (χ2v) is 2.94. The molecule has 5 nitrogen and oxygen atoms in total. The van der Waals surface area contributed by atoms with Crippen LogP contribution in [0.4, 0.5) is 5.69 Å². The summed E-state index contributed by atoms with van der Waals surface area (Å²) in [6.45, 7) is 1.61. The molecule has 0 fully saturated rings. The van der Waals surface area contributed by atoms with Gasteiger partial charge < -0.3 is 15.4 Å². The van der Waals surface area contributed by atoms with Crippen LogP contribution in [0.2, 0.25) is 0 Å². The van der Waals surface area contributed by atoms with Crippen molar-refractivity contribution in [2.24, 2.45) is 0 Å². The fraction of sp³-hybridized carbons (Fsp3) is 0.200. The number of carboxylic acid groups (broad SMARTS) is 1. The van der Waals surface area contributed by atoms with E-state index in [0.717, 1.165) is 0 Å². The van der Waals surface area contributed by atoms with Crippen LogP contribution >= 0.6 is 0 Å². The van der Waals surface area contributed by atoms with Gasteiger partial charge in [-0.3, -0.25) is 4.79 Å². The van der Waals surface area contributed by atoms with Crippen molar-refractivity contribution < 1.29 is 14.7 Å². The molecule has 0 atom stereocenters. The first kappa shape index (κ1) is 10.9. The molecule has 15 heavy (non-hydrogen) atoms. The smallest absolute Gasteiger partial charge is 0.339 e. The SMILES string of the molecule is C#CCC(=O)Nc1c[nH]c(C)c1C(=O)O. The molecule has 0 aliphatic carbocycles. The Kier molecular flexibility index (Phi) is 3.13. The van der Waals surface area contributed by atoms with Gasteiger partial charge in [-0.15, -0.1) is 6.42 Å². The van der Waals surface area contributed by atoms with E-state index in [1.54, 1.807) is 6.92 Å². The van der Waals surface area contributed by atoms with Crippen molar-refractivity contribution in [2.45, 2.75) is 13.3 Å². The average Bonchev–Trinajstić information content (AvgIpc) is 2.47. The summed E-state index contributed by atoms with van der Waals surface area (Å²) in [4.78, 5) is 24.7. The van der Waals surface area contributed by atoms with Crippen LogP contribution in [-0.2, 0) is 4.79 Å². The van der Waals surface area contributed by atoms with Crippen LogP contribution in [0.25, 0.3) is 0 Å². The number of rotatable bonds is 3. The number of H-pyrrole nitrogens is 1. The van der Waals surface area contributed by atoms with Crippen molar-refractivity contribution in [3.8, 4) is 12.3 Å². The Morgan fingerprint density at radius 3 is 2.87 bits per heavy atom. The van der Waals surface area contributed by atoms with Crippen LogP contribution in [0.3, 0.4) is 0 Å². The summed E-state index contributed by atoms with van der Waals surface area (Å²) in [6, 6.07) is 0. The molecular formula is C10H10N2O3. The maximum atomic E-state index is 11.1. The summed E-state index contributed by atoms with van der Waals surface area (Å²) in [7, 11) is 0. The monoisotopic (exact) mass is 206 g/mol. The highest BCUT2D eigenvalue weighted by Gasteiger charge is 2.16. The highest BCUT2D eigenvalue weighted by Crippen LogP contribution is 2.18. The van der Waals surface area contributed by atoms with E-state index in [-0.39, 0.29) is 17.7 Å². The lowest BCUT2D eigenvalue weighted by atomic mass is 10.2. The molecule has 3 N–H and O–H groups in total. The van der Waals surface area contributed by atoms with Crippen LogP contribution in [0.1, 0.15) is 22.5 Å². The van der Waals surface area contributed by atoms with Crippen molar-refractivity contribution in [1.82, 2.24) is 4.98 Å². The third-order valence-corrected chi connectivity index (χ3v) is 1.83. The number of carbonyl (C=O) groups is 2. The Morgan fingerprint density at radius 2 is 2.33 bits per heavy atom. The molecule has 0 saturated heterocycles. The molecule has 1 aromatic rings. The summed E-state index contributed by atoms with van der Waals surface area (Å²) >= 11 is 0. The number of aromatic amines is 1. The highest BCUT2D eigenvalue weighted by atomic mass is 16.4. The Bertz CT molecular complexity index is 440. The fourth-order valence-electron chi connectivity index (χ4n) is 1.19. The number of aryl methyl sites for hydroxylation is 1. The fourth-order valence-corrected chi connectivity index (χ4v) is 1.19. The molecule has 0 saturated carbocycles. The minimum Gasteiger partial charge on any atom is -0.478 e. The minimum absolute atomic E-state index is 0.0559. The molecular weight excluding hydrogens is 196 g/mol. The molecule has 0 aliphatic rings. The Balaban J connectivity index is 2.92. The number of aromatic carboxylic acids is 1. The van der Waals surface area contributed by atoms with Gasteiger partial charge in [0.25, 0.3) is 0 Å². The first-order chi connectivity index (χ1) is 7.06. The lowest BCUT2D eigenvalue weighted by Gasteiger charge is -2.01. The summed E-state index contributed by atoms with van der Waals surface area (Å²) in [5.41, 5.74) is 0.777. The lowest BCUT2D eigenvalue weighted by Crippen LogP contribution is -2.12. The van der Waals surface area contributed by atoms with Crippen LogP contribution in [0.5, 0.6) is 0 Å². The molecule has 1 rings (SSSR count). The number of aromatic nitrogens is 1. The zero-order valence-electron chi connectivity index (χ0n) is 8.13. The molecule has 0 radical (unpaired) electrons. The molecule has 0 aromatic carbocycles. The molecule has 1 heterocycles. The number of anilines is 1. The number of terminal acetylenes is 1. The number of hydrogen-bond acceptors (Lipinski definition) is 2. The van der Waals surface area contributed by atoms with E-state index in [4.69, 9.17) is 11.5 Å². The number of carbonyl (C=O) groups excluding carboxylic acids is 1. The summed E-state index contributed by atoms with van der Waals surface area (Å²) in [5, 5.41) is 11.3. The van der Waals surface area contributed by atoms with E-state index in [9.17, 15) is 9.59 Å². The second-order valence-electron chi connectivity index (χ2n) is 2.94. The molecule has 0 aliphatic heterocycles. The number of hydrogen-bond donors (Lipinski definition) is 3. The molecule has 1 aromatic heterocycles. The number of amides is 1. The zero-order valence-corrected chi connectivity index (χ0v) is 8.13. The summed E-state index contributed by atoms with van der Waals surface area (Å²) in [6.07, 6.45) is 6.29. The van der Waals surface area contributed by atoms with Gasteiger partial charge in [0.2, 0.25) is 5.91 Å². The van der Waals surface area contributed by atoms with Gasteiger partial charge in [0.15, 0.2) is 0 Å². The van der Waals surface area contributed by atoms with Crippen LogP contribution in [-0.4, -0.2) is 22.0 Å². The average molecular weight is 206 g/mol. The summed E-state index contributed by atoms with van der Waals surface area (Å²) < 4.78 is 0. The lowest BCUT2D eigenvalue weighted by molar-refractivity contribution is -0.115. The third-order valence-electron chi connectivity index (χ3n) is 1.83. The first-order valence-electron chi connectivity index (χ1n) is 4.20. The van der Waals surface area contributed by atoms with Gasteiger partial charge in [-0.05, 0) is 6.92 Å². The molecule has 78 valence electrons. The van der Waals surface area contributed by atoms with Gasteiger partial charge in [0.1, 0.15) is 5.56 Å². The normalized spacial score (nSPS) is 9.33. The van der Waals surface area contributed by atoms with E-state index in [1.165, 1.54) is 6.20 Å². The van der Waals surface area contributed by atoms with Crippen molar-refractivity contribution in [2.75, 3.05) is 5.32 Å². The molecule has 1 amide bonds. The summed E-state index contributed by atoms with van der Waals surface area (Å²) in [5.74, 6) is 0.677. The Morgan fingerprint density at radius 1 is 1.67 bits per heavy atom. The van der Waals surface area contributed by atoms with Gasteiger partial charge in [-0.1, -0.05) is 5.92 Å². The maximum Gasteiger partial charge on any atom is 0.339 e. The standard InChI is InChI=1S/C10H10N2O3/c1-3-4-8(13)12-7-5-11-6(2)9(7)10(14)15/h1,5,11H,4H2,2H3,(H,12,13)(H,14,15).